The second kappa shape index (κ2) is 5.79. The van der Waals surface area contributed by atoms with E-state index in [-0.39, 0.29) is 11.3 Å². The topological polar surface area (TPSA) is 50.2 Å². The van der Waals surface area contributed by atoms with Crippen LogP contribution in [0.4, 0.5) is 0 Å². The number of carbonyl (C=O) groups is 1. The van der Waals surface area contributed by atoms with Crippen LogP contribution in [0.15, 0.2) is 12.3 Å². The zero-order valence-corrected chi connectivity index (χ0v) is 13.1. The minimum atomic E-state index is 0.0882. The van der Waals surface area contributed by atoms with Crippen LogP contribution in [0.3, 0.4) is 0 Å². The Labute approximate surface area is 126 Å². The SMILES string of the molecule is CC1(C)CCCN(C(=O)c2ccn(C3CCCNC3)n2)C1. The van der Waals surface area contributed by atoms with Gasteiger partial charge in [0.2, 0.25) is 0 Å². The van der Waals surface area contributed by atoms with Gasteiger partial charge in [0.05, 0.1) is 6.04 Å². The van der Waals surface area contributed by atoms with E-state index in [1.165, 1.54) is 12.8 Å². The molecule has 1 atom stereocenters. The van der Waals surface area contributed by atoms with Crippen LogP contribution in [0.25, 0.3) is 0 Å². The van der Waals surface area contributed by atoms with Gasteiger partial charge in [0.25, 0.3) is 5.91 Å². The van der Waals surface area contributed by atoms with Gasteiger partial charge in [0, 0.05) is 25.8 Å². The number of nitrogens with one attached hydrogen (secondary N) is 1. The van der Waals surface area contributed by atoms with Crippen LogP contribution in [-0.4, -0.2) is 46.8 Å². The molecule has 21 heavy (non-hydrogen) atoms. The fourth-order valence-electron chi connectivity index (χ4n) is 3.47. The quantitative estimate of drug-likeness (QED) is 0.907. The Bertz CT molecular complexity index is 502. The Hall–Kier alpha value is -1.36. The van der Waals surface area contributed by atoms with Gasteiger partial charge in [-0.15, -0.1) is 0 Å². The molecule has 3 rings (SSSR count). The van der Waals surface area contributed by atoms with Crippen molar-refractivity contribution in [1.82, 2.24) is 20.0 Å². The van der Waals surface area contributed by atoms with Gasteiger partial charge in [-0.05, 0) is 43.7 Å². The first-order valence-electron chi connectivity index (χ1n) is 8.10. The largest absolute Gasteiger partial charge is 0.337 e. The molecule has 2 aliphatic rings. The molecule has 116 valence electrons. The van der Waals surface area contributed by atoms with Gasteiger partial charge in [0.1, 0.15) is 5.69 Å². The van der Waals surface area contributed by atoms with E-state index in [0.29, 0.717) is 11.7 Å². The number of carbonyl (C=O) groups excluding carboxylic acids is 1. The van der Waals surface area contributed by atoms with E-state index in [4.69, 9.17) is 0 Å². The van der Waals surface area contributed by atoms with Crippen LogP contribution >= 0.6 is 0 Å². The monoisotopic (exact) mass is 290 g/mol. The summed E-state index contributed by atoms with van der Waals surface area (Å²) in [7, 11) is 0. The molecule has 0 radical (unpaired) electrons. The highest BCUT2D eigenvalue weighted by Gasteiger charge is 2.30. The Kier molecular flexibility index (Phi) is 4.02. The first kappa shape index (κ1) is 14.6. The minimum Gasteiger partial charge on any atom is -0.337 e. The van der Waals surface area contributed by atoms with Gasteiger partial charge in [-0.25, -0.2) is 0 Å². The van der Waals surface area contributed by atoms with Crippen LogP contribution in [0, 0.1) is 5.41 Å². The van der Waals surface area contributed by atoms with Gasteiger partial charge in [-0.2, -0.15) is 5.10 Å². The Morgan fingerprint density at radius 1 is 1.43 bits per heavy atom. The lowest BCUT2D eigenvalue weighted by atomic mass is 9.84. The minimum absolute atomic E-state index is 0.0882. The number of aromatic nitrogens is 2. The smallest absolute Gasteiger partial charge is 0.274 e. The lowest BCUT2D eigenvalue weighted by Gasteiger charge is -2.37. The van der Waals surface area contributed by atoms with Crippen molar-refractivity contribution in [1.29, 1.82) is 0 Å². The van der Waals surface area contributed by atoms with Gasteiger partial charge in [-0.1, -0.05) is 13.8 Å². The van der Waals surface area contributed by atoms with E-state index in [1.807, 2.05) is 21.8 Å². The Balaban J connectivity index is 1.69. The average Bonchev–Trinajstić information content (AvgIpc) is 2.96. The molecule has 1 aromatic heterocycles. The maximum absolute atomic E-state index is 12.6. The van der Waals surface area contributed by atoms with Crippen molar-refractivity contribution in [3.63, 3.8) is 0 Å². The third-order valence-electron chi connectivity index (χ3n) is 4.66. The number of nitrogens with zero attached hydrogens (tertiary/aromatic N) is 3. The molecule has 0 bridgehead atoms. The summed E-state index contributed by atoms with van der Waals surface area (Å²) < 4.78 is 1.97. The molecule has 1 N–H and O–H groups in total. The molecule has 5 heteroatoms. The molecule has 3 heterocycles. The van der Waals surface area contributed by atoms with E-state index >= 15 is 0 Å². The molecule has 0 aromatic carbocycles. The van der Waals surface area contributed by atoms with Crippen LogP contribution < -0.4 is 5.32 Å². The molecule has 1 amide bonds. The van der Waals surface area contributed by atoms with E-state index in [0.717, 1.165) is 39.0 Å². The van der Waals surface area contributed by atoms with E-state index < -0.39 is 0 Å². The summed E-state index contributed by atoms with van der Waals surface area (Å²) in [6.45, 7) is 8.21. The normalized spacial score (nSPS) is 25.8. The van der Waals surface area contributed by atoms with Crippen molar-refractivity contribution in [3.05, 3.63) is 18.0 Å². The second-order valence-corrected chi connectivity index (χ2v) is 7.18. The summed E-state index contributed by atoms with van der Waals surface area (Å²) >= 11 is 0. The fourth-order valence-corrected chi connectivity index (χ4v) is 3.47. The second-order valence-electron chi connectivity index (χ2n) is 7.18. The van der Waals surface area contributed by atoms with E-state index in [9.17, 15) is 4.79 Å². The molecule has 0 saturated carbocycles. The lowest BCUT2D eigenvalue weighted by molar-refractivity contribution is 0.0576. The maximum Gasteiger partial charge on any atom is 0.274 e. The summed E-state index contributed by atoms with van der Waals surface area (Å²) in [5, 5.41) is 7.93. The van der Waals surface area contributed by atoms with Gasteiger partial charge >= 0.3 is 0 Å². The molecule has 2 aliphatic heterocycles. The fraction of sp³-hybridized carbons (Fsp3) is 0.750. The summed E-state index contributed by atoms with van der Waals surface area (Å²) in [6.07, 6.45) is 6.55. The molecular formula is C16H26N4O. The predicted octanol–water partition coefficient (Wildman–Crippen LogP) is 2.07. The number of rotatable bonds is 2. The summed E-state index contributed by atoms with van der Waals surface area (Å²) in [5.74, 6) is 0.0882. The highest BCUT2D eigenvalue weighted by atomic mass is 16.2. The highest BCUT2D eigenvalue weighted by molar-refractivity contribution is 5.92. The molecule has 0 spiro atoms. The molecule has 0 aliphatic carbocycles. The predicted molar refractivity (Wildman–Crippen MR) is 82.3 cm³/mol. The van der Waals surface area contributed by atoms with Crippen molar-refractivity contribution in [2.75, 3.05) is 26.2 Å². The Morgan fingerprint density at radius 3 is 3.00 bits per heavy atom. The number of hydrogen-bond donors (Lipinski definition) is 1. The summed E-state index contributed by atoms with van der Waals surface area (Å²) in [4.78, 5) is 14.6. The number of likely N-dealkylation sites (tertiary alicyclic amines) is 1. The van der Waals surface area contributed by atoms with Crippen molar-refractivity contribution in [2.24, 2.45) is 5.41 Å². The van der Waals surface area contributed by atoms with E-state index in [2.05, 4.69) is 24.3 Å². The van der Waals surface area contributed by atoms with Gasteiger partial charge in [-0.3, -0.25) is 9.48 Å². The molecule has 2 saturated heterocycles. The molecular weight excluding hydrogens is 264 g/mol. The van der Waals surface area contributed by atoms with Gasteiger partial charge in [0.15, 0.2) is 0 Å². The first-order valence-corrected chi connectivity index (χ1v) is 8.10. The highest BCUT2D eigenvalue weighted by Crippen LogP contribution is 2.29. The zero-order chi connectivity index (χ0) is 14.9. The summed E-state index contributed by atoms with van der Waals surface area (Å²) in [5.41, 5.74) is 0.822. The number of piperidine rings is 2. The number of hydrogen-bond acceptors (Lipinski definition) is 3. The number of amides is 1. The van der Waals surface area contributed by atoms with Crippen LogP contribution in [-0.2, 0) is 0 Å². The van der Waals surface area contributed by atoms with E-state index in [1.54, 1.807) is 0 Å². The standard InChI is InChI=1S/C16H26N4O/c1-16(2)7-4-9-19(12-16)15(21)14-6-10-20(18-14)13-5-3-8-17-11-13/h6,10,13,17H,3-5,7-9,11-12H2,1-2H3. The summed E-state index contributed by atoms with van der Waals surface area (Å²) in [6, 6.07) is 2.26. The third kappa shape index (κ3) is 3.28. The van der Waals surface area contributed by atoms with Crippen molar-refractivity contribution in [3.8, 4) is 0 Å². The zero-order valence-electron chi connectivity index (χ0n) is 13.1. The molecule has 1 aromatic rings. The van der Waals surface area contributed by atoms with Crippen LogP contribution in [0.5, 0.6) is 0 Å². The van der Waals surface area contributed by atoms with Crippen molar-refractivity contribution >= 4 is 5.91 Å². The van der Waals surface area contributed by atoms with Crippen LogP contribution in [0.2, 0.25) is 0 Å². The van der Waals surface area contributed by atoms with Gasteiger partial charge < -0.3 is 10.2 Å². The van der Waals surface area contributed by atoms with Crippen LogP contribution in [0.1, 0.15) is 56.1 Å². The molecule has 1 unspecified atom stereocenters. The van der Waals surface area contributed by atoms with Crippen molar-refractivity contribution < 1.29 is 4.79 Å². The maximum atomic E-state index is 12.6. The molecule has 5 nitrogen and oxygen atoms in total. The van der Waals surface area contributed by atoms with Crippen molar-refractivity contribution in [2.45, 2.75) is 45.6 Å². The lowest BCUT2D eigenvalue weighted by Crippen LogP contribution is -2.43. The average molecular weight is 290 g/mol. The third-order valence-corrected chi connectivity index (χ3v) is 4.66. The molecule has 2 fully saturated rings. The Morgan fingerprint density at radius 2 is 2.29 bits per heavy atom. The first-order chi connectivity index (χ1) is 10.1.